The van der Waals surface area contributed by atoms with Gasteiger partial charge in [-0.25, -0.2) is 0 Å². The molecule has 0 unspecified atom stereocenters. The Labute approximate surface area is 126 Å². The van der Waals surface area contributed by atoms with E-state index in [0.29, 0.717) is 5.91 Å². The number of rotatable bonds is 4. The highest BCUT2D eigenvalue weighted by molar-refractivity contribution is 5.99. The Balaban J connectivity index is 1.64. The minimum atomic E-state index is -0.112. The zero-order valence-corrected chi connectivity index (χ0v) is 12.8. The molecule has 2 fully saturated rings. The molecule has 2 saturated heterocycles. The normalized spacial score (nSPS) is 22.1. The molecule has 2 aliphatic heterocycles. The van der Waals surface area contributed by atoms with Crippen LogP contribution in [0.1, 0.15) is 19.3 Å². The van der Waals surface area contributed by atoms with Crippen LogP contribution in [0.5, 0.6) is 0 Å². The number of methoxy groups -OCH3 is 1. The Morgan fingerprint density at radius 2 is 1.76 bits per heavy atom. The van der Waals surface area contributed by atoms with Crippen molar-refractivity contribution < 1.29 is 9.53 Å². The van der Waals surface area contributed by atoms with E-state index in [1.165, 1.54) is 0 Å². The van der Waals surface area contributed by atoms with Gasteiger partial charge in [0.15, 0.2) is 0 Å². The molecule has 0 N–H and O–H groups in total. The van der Waals surface area contributed by atoms with Gasteiger partial charge in [-0.3, -0.25) is 4.79 Å². The monoisotopic (exact) mass is 288 g/mol. The molecule has 2 heterocycles. The maximum Gasteiger partial charge on any atom is 0.233 e. The number of hydrogen-bond acceptors (Lipinski definition) is 3. The first kappa shape index (κ1) is 14.5. The van der Waals surface area contributed by atoms with Crippen molar-refractivity contribution >= 4 is 11.6 Å². The van der Waals surface area contributed by atoms with Gasteiger partial charge in [0, 0.05) is 25.9 Å². The molecular formula is C17H24N2O2. The zero-order chi connectivity index (χ0) is 14.7. The Morgan fingerprint density at radius 3 is 2.43 bits per heavy atom. The van der Waals surface area contributed by atoms with Crippen molar-refractivity contribution in [3.8, 4) is 0 Å². The molecular weight excluding hydrogens is 264 g/mol. The first-order valence-electron chi connectivity index (χ1n) is 7.83. The van der Waals surface area contributed by atoms with Crippen LogP contribution < -0.4 is 4.90 Å². The minimum Gasteiger partial charge on any atom is -0.383 e. The summed E-state index contributed by atoms with van der Waals surface area (Å²) in [6, 6.07) is 10.1. The van der Waals surface area contributed by atoms with E-state index in [-0.39, 0.29) is 5.41 Å². The number of carbonyl (C=O) groups excluding carboxylic acids is 1. The van der Waals surface area contributed by atoms with Gasteiger partial charge >= 0.3 is 0 Å². The molecule has 0 aromatic heterocycles. The lowest BCUT2D eigenvalue weighted by Gasteiger charge is -2.37. The Morgan fingerprint density at radius 1 is 1.10 bits per heavy atom. The third-order valence-electron chi connectivity index (χ3n) is 5.01. The number of likely N-dealkylation sites (tertiary alicyclic amines) is 1. The lowest BCUT2D eigenvalue weighted by molar-refractivity contribution is -0.128. The lowest BCUT2D eigenvalue weighted by Crippen LogP contribution is -2.45. The second kappa shape index (κ2) is 6.16. The fraction of sp³-hybridized carbons (Fsp3) is 0.588. The number of benzene rings is 1. The molecule has 114 valence electrons. The number of piperidine rings is 1. The predicted molar refractivity (Wildman–Crippen MR) is 83.4 cm³/mol. The summed E-state index contributed by atoms with van der Waals surface area (Å²) < 4.78 is 5.14. The van der Waals surface area contributed by atoms with Crippen LogP contribution in [-0.4, -0.2) is 50.7 Å². The highest BCUT2D eigenvalue weighted by atomic mass is 16.5. The van der Waals surface area contributed by atoms with Crippen LogP contribution >= 0.6 is 0 Å². The topological polar surface area (TPSA) is 32.8 Å². The Bertz CT molecular complexity index is 481. The van der Waals surface area contributed by atoms with Gasteiger partial charge in [0.25, 0.3) is 0 Å². The van der Waals surface area contributed by atoms with Crippen molar-refractivity contribution in [2.45, 2.75) is 19.3 Å². The van der Waals surface area contributed by atoms with E-state index in [1.807, 2.05) is 35.2 Å². The van der Waals surface area contributed by atoms with E-state index in [2.05, 4.69) is 4.90 Å². The van der Waals surface area contributed by atoms with Gasteiger partial charge in [0.2, 0.25) is 5.91 Å². The van der Waals surface area contributed by atoms with Gasteiger partial charge in [-0.05, 0) is 44.5 Å². The maximum absolute atomic E-state index is 12.9. The van der Waals surface area contributed by atoms with E-state index in [1.54, 1.807) is 7.11 Å². The lowest BCUT2D eigenvalue weighted by atomic mass is 9.77. The molecule has 1 spiro atoms. The maximum atomic E-state index is 12.9. The molecule has 0 saturated carbocycles. The summed E-state index contributed by atoms with van der Waals surface area (Å²) >= 11 is 0. The quantitative estimate of drug-likeness (QED) is 0.851. The molecule has 1 aromatic rings. The predicted octanol–water partition coefficient (Wildman–Crippen LogP) is 2.15. The number of hydrogen-bond donors (Lipinski definition) is 0. The third kappa shape index (κ3) is 2.83. The summed E-state index contributed by atoms with van der Waals surface area (Å²) in [5.74, 6) is 0.333. The van der Waals surface area contributed by atoms with Crippen LogP contribution in [0.4, 0.5) is 5.69 Å². The van der Waals surface area contributed by atoms with E-state index in [9.17, 15) is 4.79 Å². The van der Waals surface area contributed by atoms with Crippen LogP contribution in [-0.2, 0) is 9.53 Å². The number of nitrogens with zero attached hydrogens (tertiary/aromatic N) is 2. The van der Waals surface area contributed by atoms with Gasteiger partial charge in [0.05, 0.1) is 12.0 Å². The van der Waals surface area contributed by atoms with Gasteiger partial charge in [-0.1, -0.05) is 18.2 Å². The average molecular weight is 288 g/mol. The molecule has 21 heavy (non-hydrogen) atoms. The molecule has 2 aliphatic rings. The number of para-hydroxylation sites is 1. The summed E-state index contributed by atoms with van der Waals surface area (Å²) in [5.41, 5.74) is 0.931. The number of amides is 1. The highest BCUT2D eigenvalue weighted by Gasteiger charge is 2.48. The average Bonchev–Trinajstić information content (AvgIpc) is 2.85. The molecule has 0 radical (unpaired) electrons. The van der Waals surface area contributed by atoms with Crippen LogP contribution in [0, 0.1) is 5.41 Å². The van der Waals surface area contributed by atoms with Gasteiger partial charge < -0.3 is 14.5 Å². The van der Waals surface area contributed by atoms with Crippen LogP contribution in [0.2, 0.25) is 0 Å². The standard InChI is InChI=1S/C17H24N2O2/c1-21-14-13-18-10-7-17(8-11-18)9-12-19(16(17)20)15-5-3-2-4-6-15/h2-6H,7-14H2,1H3. The molecule has 0 atom stereocenters. The summed E-state index contributed by atoms with van der Waals surface area (Å²) in [4.78, 5) is 17.3. The molecule has 0 aliphatic carbocycles. The third-order valence-corrected chi connectivity index (χ3v) is 5.01. The number of carbonyl (C=O) groups is 1. The second-order valence-electron chi connectivity index (χ2n) is 6.16. The molecule has 1 amide bonds. The first-order valence-corrected chi connectivity index (χ1v) is 7.83. The molecule has 1 aromatic carbocycles. The van der Waals surface area contributed by atoms with E-state index < -0.39 is 0 Å². The number of anilines is 1. The fourth-order valence-corrected chi connectivity index (χ4v) is 3.56. The SMILES string of the molecule is COCCN1CCC2(CC1)CCN(c1ccccc1)C2=O. The van der Waals surface area contributed by atoms with Crippen molar-refractivity contribution in [3.63, 3.8) is 0 Å². The summed E-state index contributed by atoms with van der Waals surface area (Å²) in [7, 11) is 1.74. The van der Waals surface area contributed by atoms with Crippen LogP contribution in [0.3, 0.4) is 0 Å². The van der Waals surface area contributed by atoms with Crippen molar-refractivity contribution in [1.82, 2.24) is 4.90 Å². The Hall–Kier alpha value is -1.39. The highest BCUT2D eigenvalue weighted by Crippen LogP contribution is 2.42. The van der Waals surface area contributed by atoms with Crippen LogP contribution in [0.15, 0.2) is 30.3 Å². The molecule has 4 nitrogen and oxygen atoms in total. The minimum absolute atomic E-state index is 0.112. The van der Waals surface area contributed by atoms with Crippen LogP contribution in [0.25, 0.3) is 0 Å². The number of ether oxygens (including phenoxy) is 1. The van der Waals surface area contributed by atoms with Gasteiger partial charge in [-0.15, -0.1) is 0 Å². The van der Waals surface area contributed by atoms with Crippen molar-refractivity contribution in [2.75, 3.05) is 44.8 Å². The summed E-state index contributed by atoms with van der Waals surface area (Å²) in [6.45, 7) is 4.64. The molecule has 4 heteroatoms. The Kier molecular flexibility index (Phi) is 4.27. The summed E-state index contributed by atoms with van der Waals surface area (Å²) in [5, 5.41) is 0. The van der Waals surface area contributed by atoms with Gasteiger partial charge in [0.1, 0.15) is 0 Å². The van der Waals surface area contributed by atoms with Crippen molar-refractivity contribution in [1.29, 1.82) is 0 Å². The van der Waals surface area contributed by atoms with Crippen molar-refractivity contribution in [3.05, 3.63) is 30.3 Å². The largest absolute Gasteiger partial charge is 0.383 e. The molecule has 0 bridgehead atoms. The summed E-state index contributed by atoms with van der Waals surface area (Å²) in [6.07, 6.45) is 2.97. The fourth-order valence-electron chi connectivity index (χ4n) is 3.56. The van der Waals surface area contributed by atoms with Gasteiger partial charge in [-0.2, -0.15) is 0 Å². The van der Waals surface area contributed by atoms with E-state index in [0.717, 1.165) is 57.7 Å². The zero-order valence-electron chi connectivity index (χ0n) is 12.8. The van der Waals surface area contributed by atoms with Crippen molar-refractivity contribution in [2.24, 2.45) is 5.41 Å². The molecule has 3 rings (SSSR count). The van der Waals surface area contributed by atoms with E-state index >= 15 is 0 Å². The second-order valence-corrected chi connectivity index (χ2v) is 6.16. The first-order chi connectivity index (χ1) is 10.2. The smallest absolute Gasteiger partial charge is 0.233 e. The van der Waals surface area contributed by atoms with E-state index in [4.69, 9.17) is 4.74 Å².